The zero-order valence-corrected chi connectivity index (χ0v) is 14.5. The first-order valence-electron chi connectivity index (χ1n) is 7.69. The van der Waals surface area contributed by atoms with Crippen molar-refractivity contribution >= 4 is 41.5 Å². The number of hydrogen-bond donors (Lipinski definition) is 3. The quantitative estimate of drug-likeness (QED) is 0.655. The average molecular weight is 360 g/mol. The van der Waals surface area contributed by atoms with Crippen molar-refractivity contribution in [3.63, 3.8) is 0 Å². The van der Waals surface area contributed by atoms with Gasteiger partial charge in [0.2, 0.25) is 11.8 Å². The third-order valence-corrected chi connectivity index (χ3v) is 3.88. The largest absolute Gasteiger partial charge is 0.356 e. The number of amides is 2. The molecule has 1 aliphatic heterocycles. The fourth-order valence-electron chi connectivity index (χ4n) is 2.46. The van der Waals surface area contributed by atoms with E-state index in [0.717, 1.165) is 25.1 Å². The summed E-state index contributed by atoms with van der Waals surface area (Å²) in [6, 6.07) is 7.30. The van der Waals surface area contributed by atoms with Gasteiger partial charge in [-0.15, -0.1) is 12.4 Å². The predicted molar refractivity (Wildman–Crippen MR) is 95.2 cm³/mol. The lowest BCUT2D eigenvalue weighted by atomic mass is 10.1. The zero-order valence-electron chi connectivity index (χ0n) is 12.9. The molecule has 1 aromatic carbocycles. The van der Waals surface area contributed by atoms with E-state index >= 15 is 0 Å². The smallest absolute Gasteiger partial charge is 0.224 e. The molecule has 0 saturated carbocycles. The lowest BCUT2D eigenvalue weighted by molar-refractivity contribution is -0.122. The predicted octanol–water partition coefficient (Wildman–Crippen LogP) is 2.74. The van der Waals surface area contributed by atoms with Gasteiger partial charge < -0.3 is 16.0 Å². The number of anilines is 1. The summed E-state index contributed by atoms with van der Waals surface area (Å²) in [6.45, 7) is 1.53. The van der Waals surface area contributed by atoms with Gasteiger partial charge in [-0.2, -0.15) is 0 Å². The fourth-order valence-corrected chi connectivity index (χ4v) is 2.59. The summed E-state index contributed by atoms with van der Waals surface area (Å²) >= 11 is 5.78. The number of hydrogen-bond acceptors (Lipinski definition) is 3. The lowest BCUT2D eigenvalue weighted by Gasteiger charge is -2.10. The molecule has 128 valence electrons. The van der Waals surface area contributed by atoms with Crippen molar-refractivity contribution in [3.05, 3.63) is 29.3 Å². The highest BCUT2D eigenvalue weighted by Crippen LogP contribution is 2.13. The minimum absolute atomic E-state index is 0. The molecule has 7 heteroatoms. The van der Waals surface area contributed by atoms with E-state index in [4.69, 9.17) is 11.6 Å². The first-order valence-corrected chi connectivity index (χ1v) is 8.07. The summed E-state index contributed by atoms with van der Waals surface area (Å²) in [7, 11) is 0. The Bertz CT molecular complexity index is 503. The summed E-state index contributed by atoms with van der Waals surface area (Å²) in [4.78, 5) is 23.5. The van der Waals surface area contributed by atoms with Gasteiger partial charge in [0.25, 0.3) is 0 Å². The highest BCUT2D eigenvalue weighted by atomic mass is 35.5. The number of benzene rings is 1. The molecule has 1 aliphatic rings. The molecule has 2 rings (SSSR count). The Morgan fingerprint density at radius 2 is 1.96 bits per heavy atom. The molecular weight excluding hydrogens is 337 g/mol. The van der Waals surface area contributed by atoms with Crippen molar-refractivity contribution in [1.29, 1.82) is 0 Å². The monoisotopic (exact) mass is 359 g/mol. The Morgan fingerprint density at radius 1 is 1.22 bits per heavy atom. The lowest BCUT2D eigenvalue weighted by Crippen LogP contribution is -2.32. The number of carbonyl (C=O) groups is 2. The number of nitrogens with one attached hydrogen (secondary N) is 3. The molecule has 0 radical (unpaired) electrons. The van der Waals surface area contributed by atoms with Crippen LogP contribution in [0.25, 0.3) is 0 Å². The highest BCUT2D eigenvalue weighted by molar-refractivity contribution is 6.30. The van der Waals surface area contributed by atoms with Crippen LogP contribution in [0.2, 0.25) is 5.02 Å². The van der Waals surface area contributed by atoms with Gasteiger partial charge in [0.05, 0.1) is 0 Å². The average Bonchev–Trinajstić information content (AvgIpc) is 2.99. The summed E-state index contributed by atoms with van der Waals surface area (Å²) in [5.41, 5.74) is 0.728. The van der Waals surface area contributed by atoms with E-state index in [1.165, 1.54) is 0 Å². The highest BCUT2D eigenvalue weighted by Gasteiger charge is 2.17. The van der Waals surface area contributed by atoms with Crippen LogP contribution in [-0.2, 0) is 9.59 Å². The Balaban J connectivity index is 0.00000264. The van der Waals surface area contributed by atoms with Gasteiger partial charge in [-0.1, -0.05) is 11.6 Å². The molecule has 0 bridgehead atoms. The van der Waals surface area contributed by atoms with Crippen LogP contribution in [0.3, 0.4) is 0 Å². The Morgan fingerprint density at radius 3 is 2.61 bits per heavy atom. The molecule has 0 aromatic heterocycles. The van der Waals surface area contributed by atoms with E-state index < -0.39 is 0 Å². The van der Waals surface area contributed by atoms with Crippen molar-refractivity contribution in [1.82, 2.24) is 10.6 Å². The molecule has 23 heavy (non-hydrogen) atoms. The normalized spacial score (nSPS) is 16.5. The molecule has 1 atom stereocenters. The van der Waals surface area contributed by atoms with Crippen molar-refractivity contribution in [3.8, 4) is 0 Å². The first kappa shape index (κ1) is 19.7. The van der Waals surface area contributed by atoms with Crippen LogP contribution < -0.4 is 16.0 Å². The maximum absolute atomic E-state index is 11.8. The molecule has 1 saturated heterocycles. The van der Waals surface area contributed by atoms with Gasteiger partial charge in [0.1, 0.15) is 0 Å². The van der Waals surface area contributed by atoms with Crippen molar-refractivity contribution in [2.24, 2.45) is 0 Å². The van der Waals surface area contributed by atoms with E-state index in [1.54, 1.807) is 24.3 Å². The maximum atomic E-state index is 11.8. The van der Waals surface area contributed by atoms with Gasteiger partial charge in [-0.3, -0.25) is 9.59 Å². The number of carbonyl (C=O) groups excluding carboxylic acids is 2. The molecule has 0 spiro atoms. The zero-order chi connectivity index (χ0) is 15.8. The standard InChI is InChI=1S/C16H22ClN3O2.ClH/c17-12-5-7-13(8-6-12)20-15(21)4-2-10-19-16(22)11-14-3-1-9-18-14;/h5-8,14,18H,1-4,9-11H2,(H,19,22)(H,20,21);1H. The van der Waals surface area contributed by atoms with Gasteiger partial charge in [-0.25, -0.2) is 0 Å². The molecular formula is C16H23Cl2N3O2. The second-order valence-corrected chi connectivity index (χ2v) is 5.94. The first-order chi connectivity index (χ1) is 10.6. The topological polar surface area (TPSA) is 70.2 Å². The fraction of sp³-hybridized carbons (Fsp3) is 0.500. The van der Waals surface area contributed by atoms with Gasteiger partial charge in [-0.05, 0) is 50.1 Å². The summed E-state index contributed by atoms with van der Waals surface area (Å²) in [5.74, 6) is -0.00783. The van der Waals surface area contributed by atoms with Crippen LogP contribution in [0.15, 0.2) is 24.3 Å². The Hall–Kier alpha value is -1.30. The summed E-state index contributed by atoms with van der Waals surface area (Å²) < 4.78 is 0. The van der Waals surface area contributed by atoms with Crippen LogP contribution in [0.4, 0.5) is 5.69 Å². The minimum Gasteiger partial charge on any atom is -0.356 e. The number of halogens is 2. The number of rotatable bonds is 7. The Labute approximate surface area is 148 Å². The Kier molecular flexibility index (Phi) is 8.99. The van der Waals surface area contributed by atoms with E-state index in [2.05, 4.69) is 16.0 Å². The summed E-state index contributed by atoms with van der Waals surface area (Å²) in [6.07, 6.45) is 3.74. The van der Waals surface area contributed by atoms with Gasteiger partial charge in [0, 0.05) is 36.1 Å². The van der Waals surface area contributed by atoms with Crippen LogP contribution in [0, 0.1) is 0 Å². The van der Waals surface area contributed by atoms with Gasteiger partial charge >= 0.3 is 0 Å². The van der Waals surface area contributed by atoms with Crippen LogP contribution >= 0.6 is 24.0 Å². The van der Waals surface area contributed by atoms with Crippen molar-refractivity contribution in [2.45, 2.75) is 38.1 Å². The third kappa shape index (κ3) is 7.68. The SMILES string of the molecule is Cl.O=C(CC1CCCN1)NCCCC(=O)Nc1ccc(Cl)cc1. The molecule has 2 amide bonds. The molecule has 1 fully saturated rings. The molecule has 0 aliphatic carbocycles. The molecule has 3 N–H and O–H groups in total. The van der Waals surface area contributed by atoms with Crippen LogP contribution in [-0.4, -0.2) is 30.9 Å². The molecule has 5 nitrogen and oxygen atoms in total. The molecule has 1 aromatic rings. The second-order valence-electron chi connectivity index (χ2n) is 5.51. The third-order valence-electron chi connectivity index (χ3n) is 3.62. The van der Waals surface area contributed by atoms with Crippen LogP contribution in [0.5, 0.6) is 0 Å². The van der Waals surface area contributed by atoms with Gasteiger partial charge in [0.15, 0.2) is 0 Å². The van der Waals surface area contributed by atoms with Crippen molar-refractivity contribution in [2.75, 3.05) is 18.4 Å². The summed E-state index contributed by atoms with van der Waals surface area (Å²) in [5, 5.41) is 9.59. The molecule has 1 unspecified atom stereocenters. The van der Waals surface area contributed by atoms with Crippen LogP contribution in [0.1, 0.15) is 32.1 Å². The van der Waals surface area contributed by atoms with E-state index in [0.29, 0.717) is 36.9 Å². The maximum Gasteiger partial charge on any atom is 0.224 e. The second kappa shape index (κ2) is 10.5. The van der Waals surface area contributed by atoms with E-state index in [9.17, 15) is 9.59 Å². The molecule has 1 heterocycles. The van der Waals surface area contributed by atoms with Crippen molar-refractivity contribution < 1.29 is 9.59 Å². The van der Waals surface area contributed by atoms with E-state index in [-0.39, 0.29) is 24.2 Å². The minimum atomic E-state index is -0.0611. The van der Waals surface area contributed by atoms with E-state index in [1.807, 2.05) is 0 Å².